The number of carbonyl (C=O) groups is 1. The summed E-state index contributed by atoms with van der Waals surface area (Å²) in [5.74, 6) is -1.60. The SMILES string of the molecule is O=C(O)C1C2CC1(c1ccc(F)cc1)CO2. The highest BCUT2D eigenvalue weighted by atomic mass is 19.1. The van der Waals surface area contributed by atoms with E-state index in [2.05, 4.69) is 0 Å². The molecule has 1 aromatic carbocycles. The highest BCUT2D eigenvalue weighted by Gasteiger charge is 2.64. The Morgan fingerprint density at radius 2 is 2.12 bits per heavy atom. The Labute approximate surface area is 91.8 Å². The van der Waals surface area contributed by atoms with Crippen LogP contribution in [0.2, 0.25) is 0 Å². The van der Waals surface area contributed by atoms with Crippen molar-refractivity contribution in [2.75, 3.05) is 6.61 Å². The highest BCUT2D eigenvalue weighted by Crippen LogP contribution is 2.56. The zero-order chi connectivity index (χ0) is 11.3. The number of fused-ring (bicyclic) bond motifs is 1. The van der Waals surface area contributed by atoms with Crippen LogP contribution in [0.1, 0.15) is 12.0 Å². The van der Waals surface area contributed by atoms with Gasteiger partial charge in [0, 0.05) is 5.41 Å². The van der Waals surface area contributed by atoms with Crippen molar-refractivity contribution in [2.24, 2.45) is 5.92 Å². The minimum Gasteiger partial charge on any atom is -0.481 e. The molecule has 84 valence electrons. The van der Waals surface area contributed by atoms with E-state index in [-0.39, 0.29) is 11.9 Å². The minimum absolute atomic E-state index is 0.164. The van der Waals surface area contributed by atoms with E-state index in [1.165, 1.54) is 12.1 Å². The molecule has 3 atom stereocenters. The first kappa shape index (κ1) is 9.78. The molecule has 3 unspecified atom stereocenters. The van der Waals surface area contributed by atoms with Crippen LogP contribution in [0.15, 0.2) is 24.3 Å². The van der Waals surface area contributed by atoms with Crippen LogP contribution >= 0.6 is 0 Å². The van der Waals surface area contributed by atoms with E-state index >= 15 is 0 Å². The van der Waals surface area contributed by atoms with Gasteiger partial charge in [0.05, 0.1) is 18.6 Å². The molecule has 2 bridgehead atoms. The van der Waals surface area contributed by atoms with Gasteiger partial charge >= 0.3 is 5.97 Å². The quantitative estimate of drug-likeness (QED) is 0.826. The Morgan fingerprint density at radius 3 is 2.69 bits per heavy atom. The Kier molecular flexibility index (Phi) is 1.86. The maximum Gasteiger partial charge on any atom is 0.310 e. The van der Waals surface area contributed by atoms with E-state index in [1.807, 2.05) is 0 Å². The smallest absolute Gasteiger partial charge is 0.310 e. The zero-order valence-corrected chi connectivity index (χ0v) is 8.52. The van der Waals surface area contributed by atoms with Gasteiger partial charge in [-0.15, -0.1) is 0 Å². The summed E-state index contributed by atoms with van der Waals surface area (Å²) in [4.78, 5) is 11.1. The van der Waals surface area contributed by atoms with Crippen LogP contribution in [0.3, 0.4) is 0 Å². The highest BCUT2D eigenvalue weighted by molar-refractivity contribution is 5.76. The van der Waals surface area contributed by atoms with Gasteiger partial charge in [0.25, 0.3) is 0 Å². The fraction of sp³-hybridized carbons (Fsp3) is 0.417. The first-order valence-electron chi connectivity index (χ1n) is 5.24. The topological polar surface area (TPSA) is 46.5 Å². The van der Waals surface area contributed by atoms with Gasteiger partial charge in [0.1, 0.15) is 5.82 Å². The van der Waals surface area contributed by atoms with E-state index < -0.39 is 17.3 Å². The maximum absolute atomic E-state index is 12.8. The largest absolute Gasteiger partial charge is 0.481 e. The normalized spacial score (nSPS) is 35.8. The van der Waals surface area contributed by atoms with Crippen LogP contribution in [0.25, 0.3) is 0 Å². The number of aliphatic carboxylic acids is 1. The van der Waals surface area contributed by atoms with Crippen molar-refractivity contribution >= 4 is 5.97 Å². The molecule has 1 aliphatic carbocycles. The number of hydrogen-bond donors (Lipinski definition) is 1. The number of carboxylic acid groups (broad SMARTS) is 1. The molecule has 0 aromatic heterocycles. The lowest BCUT2D eigenvalue weighted by atomic mass is 9.58. The van der Waals surface area contributed by atoms with E-state index in [0.29, 0.717) is 6.61 Å². The predicted molar refractivity (Wildman–Crippen MR) is 53.6 cm³/mol. The molecule has 1 saturated carbocycles. The minimum atomic E-state index is -0.821. The molecule has 16 heavy (non-hydrogen) atoms. The molecule has 2 aliphatic heterocycles. The number of rotatable bonds is 2. The van der Waals surface area contributed by atoms with Crippen molar-refractivity contribution in [3.8, 4) is 0 Å². The molecule has 4 rings (SSSR count). The maximum atomic E-state index is 12.8. The summed E-state index contributed by atoms with van der Waals surface area (Å²) in [6, 6.07) is 6.07. The van der Waals surface area contributed by atoms with Crippen molar-refractivity contribution in [3.63, 3.8) is 0 Å². The number of benzene rings is 1. The lowest BCUT2D eigenvalue weighted by Gasteiger charge is -2.42. The van der Waals surface area contributed by atoms with Gasteiger partial charge in [0.2, 0.25) is 0 Å². The molecule has 3 nitrogen and oxygen atoms in total. The Morgan fingerprint density at radius 1 is 1.44 bits per heavy atom. The molecule has 3 fully saturated rings. The molecular weight excluding hydrogens is 211 g/mol. The van der Waals surface area contributed by atoms with Crippen LogP contribution in [0, 0.1) is 11.7 Å². The summed E-state index contributed by atoms with van der Waals surface area (Å²) in [6.45, 7) is 0.431. The van der Waals surface area contributed by atoms with Crippen LogP contribution < -0.4 is 0 Å². The fourth-order valence-electron chi connectivity index (χ4n) is 2.92. The second kappa shape index (κ2) is 3.04. The summed E-state index contributed by atoms with van der Waals surface area (Å²) < 4.78 is 18.2. The third kappa shape index (κ3) is 1.08. The Hall–Kier alpha value is -1.42. The van der Waals surface area contributed by atoms with E-state index in [4.69, 9.17) is 9.84 Å². The molecule has 1 N–H and O–H groups in total. The third-order valence-corrected chi connectivity index (χ3v) is 3.77. The van der Waals surface area contributed by atoms with Gasteiger partial charge in [-0.2, -0.15) is 0 Å². The lowest BCUT2D eigenvalue weighted by molar-refractivity contribution is -0.150. The number of halogens is 1. The van der Waals surface area contributed by atoms with Gasteiger partial charge in [0.15, 0.2) is 0 Å². The molecule has 0 radical (unpaired) electrons. The van der Waals surface area contributed by atoms with Crippen LogP contribution in [-0.2, 0) is 14.9 Å². The molecule has 1 aromatic rings. The summed E-state index contributed by atoms with van der Waals surface area (Å²) >= 11 is 0. The van der Waals surface area contributed by atoms with Crippen molar-refractivity contribution in [1.29, 1.82) is 0 Å². The second-order valence-corrected chi connectivity index (χ2v) is 4.53. The van der Waals surface area contributed by atoms with Crippen LogP contribution in [0.4, 0.5) is 4.39 Å². The molecular formula is C12H11FO3. The third-order valence-electron chi connectivity index (χ3n) is 3.77. The fourth-order valence-corrected chi connectivity index (χ4v) is 2.92. The van der Waals surface area contributed by atoms with Crippen molar-refractivity contribution in [3.05, 3.63) is 35.6 Å². The van der Waals surface area contributed by atoms with Gasteiger partial charge in [-0.25, -0.2) is 4.39 Å². The van der Waals surface area contributed by atoms with Gasteiger partial charge in [-0.1, -0.05) is 12.1 Å². The van der Waals surface area contributed by atoms with E-state index in [0.717, 1.165) is 12.0 Å². The summed E-state index contributed by atoms with van der Waals surface area (Å²) in [6.07, 6.45) is 0.567. The first-order chi connectivity index (χ1) is 7.63. The monoisotopic (exact) mass is 222 g/mol. The Balaban J connectivity index is 2.00. The molecule has 0 amide bonds. The average Bonchev–Trinajstić information content (AvgIpc) is 2.76. The molecule has 4 heteroatoms. The van der Waals surface area contributed by atoms with Crippen molar-refractivity contribution in [1.82, 2.24) is 0 Å². The number of carboxylic acids is 1. The second-order valence-electron chi connectivity index (χ2n) is 4.53. The average molecular weight is 222 g/mol. The summed E-state index contributed by atoms with van der Waals surface area (Å²) in [7, 11) is 0. The summed E-state index contributed by atoms with van der Waals surface area (Å²) in [5, 5.41) is 9.14. The lowest BCUT2D eigenvalue weighted by Crippen LogP contribution is -2.52. The van der Waals surface area contributed by atoms with Crippen molar-refractivity contribution < 1.29 is 19.0 Å². The molecule has 2 saturated heterocycles. The van der Waals surface area contributed by atoms with Crippen LogP contribution in [-0.4, -0.2) is 23.8 Å². The van der Waals surface area contributed by atoms with E-state index in [9.17, 15) is 9.18 Å². The first-order valence-corrected chi connectivity index (χ1v) is 5.24. The predicted octanol–water partition coefficient (Wildman–Crippen LogP) is 1.57. The van der Waals surface area contributed by atoms with Gasteiger partial charge in [-0.05, 0) is 24.1 Å². The zero-order valence-electron chi connectivity index (χ0n) is 8.52. The van der Waals surface area contributed by atoms with Gasteiger partial charge in [-0.3, -0.25) is 4.79 Å². The standard InChI is InChI=1S/C12H11FO3/c13-8-3-1-7(2-4-8)12-5-9(16-6-12)10(12)11(14)15/h1-4,9-10H,5-6H2,(H,14,15). The van der Waals surface area contributed by atoms with Gasteiger partial charge < -0.3 is 9.84 Å². The van der Waals surface area contributed by atoms with Crippen LogP contribution in [0.5, 0.6) is 0 Å². The Bertz CT molecular complexity index is 438. The van der Waals surface area contributed by atoms with Crippen molar-refractivity contribution in [2.45, 2.75) is 17.9 Å². The molecule has 0 spiro atoms. The molecule has 2 heterocycles. The number of ether oxygens (including phenoxy) is 1. The summed E-state index contributed by atoms with van der Waals surface area (Å²) in [5.41, 5.74) is 0.444. The van der Waals surface area contributed by atoms with E-state index in [1.54, 1.807) is 12.1 Å². The number of hydrogen-bond acceptors (Lipinski definition) is 2. The molecule has 3 aliphatic rings.